The number of para-hydroxylation sites is 1. The number of aromatic nitrogens is 5. The molecule has 0 unspecified atom stereocenters. The maximum Gasteiger partial charge on any atom is 0.291 e. The van der Waals surface area contributed by atoms with Crippen molar-refractivity contribution >= 4 is 28.1 Å². The molecule has 0 saturated carbocycles. The molecular formula is C30H24N6O3S. The van der Waals surface area contributed by atoms with Gasteiger partial charge in [0.05, 0.1) is 15.1 Å². The summed E-state index contributed by atoms with van der Waals surface area (Å²) in [5, 5.41) is 20.6. The summed E-state index contributed by atoms with van der Waals surface area (Å²) in [6.07, 6.45) is 3.54. The summed E-state index contributed by atoms with van der Waals surface area (Å²) in [6.45, 7) is 6.47. The van der Waals surface area contributed by atoms with Crippen molar-refractivity contribution in [3.05, 3.63) is 121 Å². The van der Waals surface area contributed by atoms with E-state index >= 15 is 0 Å². The Morgan fingerprint density at radius 2 is 1.68 bits per heavy atom. The first-order valence-corrected chi connectivity index (χ1v) is 13.4. The van der Waals surface area contributed by atoms with Gasteiger partial charge in [0, 0.05) is 35.0 Å². The summed E-state index contributed by atoms with van der Waals surface area (Å²) in [7, 11) is 0. The van der Waals surface area contributed by atoms with E-state index in [2.05, 4.69) is 43.0 Å². The number of nitro benzene ring substituents is 1. The van der Waals surface area contributed by atoms with E-state index in [1.54, 1.807) is 29.1 Å². The van der Waals surface area contributed by atoms with E-state index in [0.29, 0.717) is 32.1 Å². The van der Waals surface area contributed by atoms with Crippen molar-refractivity contribution in [2.75, 3.05) is 0 Å². The molecule has 0 spiro atoms. The zero-order valence-corrected chi connectivity index (χ0v) is 22.8. The molecule has 198 valence electrons. The minimum Gasteiger partial charge on any atom is -0.266 e. The lowest BCUT2D eigenvalue weighted by atomic mass is 9.87. The summed E-state index contributed by atoms with van der Waals surface area (Å²) in [5.41, 5.74) is 4.30. The molecule has 0 N–H and O–H groups in total. The molecule has 6 rings (SSSR count). The van der Waals surface area contributed by atoms with Gasteiger partial charge in [-0.25, -0.2) is 4.68 Å². The number of non-ortho nitro benzene ring substituents is 1. The van der Waals surface area contributed by atoms with Crippen LogP contribution in [-0.2, 0) is 5.41 Å². The molecule has 0 bridgehead atoms. The van der Waals surface area contributed by atoms with Gasteiger partial charge in [-0.05, 0) is 29.2 Å². The maximum absolute atomic E-state index is 13.4. The van der Waals surface area contributed by atoms with Crippen molar-refractivity contribution < 1.29 is 4.92 Å². The minimum absolute atomic E-state index is 0.0330. The van der Waals surface area contributed by atoms with Crippen LogP contribution < -0.4 is 10.1 Å². The van der Waals surface area contributed by atoms with Gasteiger partial charge in [-0.2, -0.15) is 14.6 Å². The number of benzene rings is 3. The lowest BCUT2D eigenvalue weighted by molar-refractivity contribution is -0.384. The number of rotatable bonds is 5. The highest BCUT2D eigenvalue weighted by molar-refractivity contribution is 7.15. The van der Waals surface area contributed by atoms with Gasteiger partial charge in [0.15, 0.2) is 5.82 Å². The largest absolute Gasteiger partial charge is 0.291 e. The standard InChI is InChI=1S/C30H24N6O3S/c1-30(2,3)22-14-12-19(13-15-22)27-31-29-35(33-27)28(37)25(40-29)17-21-18-34(23-9-5-4-6-10-23)32-26(21)20-8-7-11-24(16-20)36(38)39/h4-18H,1-3H3/b25-17-. The van der Waals surface area contributed by atoms with Crippen molar-refractivity contribution in [1.29, 1.82) is 0 Å². The topological polar surface area (TPSA) is 108 Å². The summed E-state index contributed by atoms with van der Waals surface area (Å²) in [6, 6.07) is 23.9. The van der Waals surface area contributed by atoms with E-state index in [9.17, 15) is 14.9 Å². The average molecular weight is 549 g/mol. The zero-order chi connectivity index (χ0) is 28.0. The molecule has 0 amide bonds. The second kappa shape index (κ2) is 9.65. The number of hydrogen-bond acceptors (Lipinski definition) is 7. The van der Waals surface area contributed by atoms with Gasteiger partial charge in [-0.15, -0.1) is 5.10 Å². The molecule has 40 heavy (non-hydrogen) atoms. The lowest BCUT2D eigenvalue weighted by Crippen LogP contribution is -2.23. The number of nitro groups is 1. The molecule has 0 aliphatic carbocycles. The third-order valence-corrected chi connectivity index (χ3v) is 7.53. The van der Waals surface area contributed by atoms with Gasteiger partial charge in [0.25, 0.3) is 11.2 Å². The molecule has 0 fully saturated rings. The Hall–Kier alpha value is -4.96. The van der Waals surface area contributed by atoms with Crippen LogP contribution >= 0.6 is 11.3 Å². The van der Waals surface area contributed by atoms with Gasteiger partial charge in [0.1, 0.15) is 5.69 Å². The normalized spacial score (nSPS) is 12.3. The van der Waals surface area contributed by atoms with Gasteiger partial charge in [0.2, 0.25) is 4.96 Å². The average Bonchev–Trinajstić information content (AvgIpc) is 3.64. The smallest absolute Gasteiger partial charge is 0.266 e. The molecule has 3 aromatic carbocycles. The fourth-order valence-corrected chi connectivity index (χ4v) is 5.31. The Kier molecular flexibility index (Phi) is 6.11. The first-order chi connectivity index (χ1) is 19.2. The van der Waals surface area contributed by atoms with Crippen LogP contribution in [0.1, 0.15) is 31.9 Å². The predicted molar refractivity (Wildman–Crippen MR) is 156 cm³/mol. The van der Waals surface area contributed by atoms with Crippen LogP contribution in [0.2, 0.25) is 0 Å². The minimum atomic E-state index is -0.439. The number of hydrogen-bond donors (Lipinski definition) is 0. The van der Waals surface area contributed by atoms with Crippen molar-refractivity contribution in [3.8, 4) is 28.3 Å². The zero-order valence-electron chi connectivity index (χ0n) is 22.0. The van der Waals surface area contributed by atoms with Crippen LogP contribution in [0, 0.1) is 10.1 Å². The van der Waals surface area contributed by atoms with Crippen LogP contribution in [-0.4, -0.2) is 29.3 Å². The second-order valence-corrected chi connectivity index (χ2v) is 11.4. The fourth-order valence-electron chi connectivity index (χ4n) is 4.41. The molecule has 0 atom stereocenters. The molecule has 6 aromatic rings. The van der Waals surface area contributed by atoms with Crippen molar-refractivity contribution in [2.24, 2.45) is 0 Å². The number of thiazole rings is 1. The first-order valence-electron chi connectivity index (χ1n) is 12.6. The first kappa shape index (κ1) is 25.3. The highest BCUT2D eigenvalue weighted by Crippen LogP contribution is 2.28. The molecule has 10 heteroatoms. The van der Waals surface area contributed by atoms with Gasteiger partial charge < -0.3 is 0 Å². The monoisotopic (exact) mass is 548 g/mol. The number of fused-ring (bicyclic) bond motifs is 1. The molecule has 0 saturated heterocycles. The van der Waals surface area contributed by atoms with Crippen LogP contribution in [0.5, 0.6) is 0 Å². The highest BCUT2D eigenvalue weighted by Gasteiger charge is 2.18. The summed E-state index contributed by atoms with van der Waals surface area (Å²) < 4.78 is 3.45. The fraction of sp³-hybridized carbons (Fsp3) is 0.133. The van der Waals surface area contributed by atoms with E-state index in [1.807, 2.05) is 42.5 Å². The number of nitrogens with zero attached hydrogens (tertiary/aromatic N) is 6. The SMILES string of the molecule is CC(C)(C)c1ccc(-c2nc3s/c(=C\c4cn(-c5ccccc5)nc4-c4cccc([N+](=O)[O-])c4)c(=O)n3n2)cc1. The third kappa shape index (κ3) is 4.69. The van der Waals surface area contributed by atoms with Gasteiger partial charge in [-0.3, -0.25) is 14.9 Å². The van der Waals surface area contributed by atoms with Crippen LogP contribution in [0.15, 0.2) is 89.9 Å². The Morgan fingerprint density at radius 1 is 0.925 bits per heavy atom. The van der Waals surface area contributed by atoms with Crippen molar-refractivity contribution in [1.82, 2.24) is 24.4 Å². The second-order valence-electron chi connectivity index (χ2n) is 10.4. The Balaban J connectivity index is 1.44. The van der Waals surface area contributed by atoms with Crippen LogP contribution in [0.4, 0.5) is 5.69 Å². The van der Waals surface area contributed by atoms with E-state index in [4.69, 9.17) is 5.10 Å². The van der Waals surface area contributed by atoms with Crippen molar-refractivity contribution in [3.63, 3.8) is 0 Å². The summed E-state index contributed by atoms with van der Waals surface area (Å²) in [4.78, 5) is 29.4. The van der Waals surface area contributed by atoms with Gasteiger partial charge >= 0.3 is 0 Å². The van der Waals surface area contributed by atoms with Crippen LogP contribution in [0.3, 0.4) is 0 Å². The summed E-state index contributed by atoms with van der Waals surface area (Å²) >= 11 is 1.23. The highest BCUT2D eigenvalue weighted by atomic mass is 32.1. The molecule has 0 radical (unpaired) electrons. The molecule has 3 aromatic heterocycles. The Labute approximate surface area is 232 Å². The van der Waals surface area contributed by atoms with Gasteiger partial charge in [-0.1, -0.05) is 86.7 Å². The summed E-state index contributed by atoms with van der Waals surface area (Å²) in [5.74, 6) is 0.490. The Bertz CT molecular complexity index is 1980. The van der Waals surface area contributed by atoms with E-state index in [1.165, 1.54) is 33.5 Å². The quantitative estimate of drug-likeness (QED) is 0.210. The van der Waals surface area contributed by atoms with E-state index in [-0.39, 0.29) is 16.7 Å². The van der Waals surface area contributed by atoms with Crippen LogP contribution in [0.25, 0.3) is 39.4 Å². The molecule has 0 aliphatic rings. The predicted octanol–water partition coefficient (Wildman–Crippen LogP) is 5.42. The van der Waals surface area contributed by atoms with E-state index in [0.717, 1.165) is 11.3 Å². The van der Waals surface area contributed by atoms with Crippen molar-refractivity contribution in [2.45, 2.75) is 26.2 Å². The molecular weight excluding hydrogens is 524 g/mol. The Morgan fingerprint density at radius 3 is 2.35 bits per heavy atom. The van der Waals surface area contributed by atoms with E-state index < -0.39 is 4.92 Å². The molecule has 9 nitrogen and oxygen atoms in total. The third-order valence-electron chi connectivity index (χ3n) is 6.57. The lowest BCUT2D eigenvalue weighted by Gasteiger charge is -2.18. The molecule has 3 heterocycles. The maximum atomic E-state index is 13.4. The molecule has 0 aliphatic heterocycles.